The number of nitrogens with one attached hydrogen (secondary N) is 2. The molecule has 0 saturated carbocycles. The molecule has 5 rings (SSSR count). The molecule has 1 amide bonds. The van der Waals surface area contributed by atoms with Crippen molar-refractivity contribution in [2.45, 2.75) is 25.3 Å². The third-order valence-corrected chi connectivity index (χ3v) is 6.46. The highest BCUT2D eigenvalue weighted by atomic mass is 16.3. The Labute approximate surface area is 221 Å². The molecule has 1 unspecified atom stereocenters. The van der Waals surface area contributed by atoms with Gasteiger partial charge in [0.25, 0.3) is 0 Å². The van der Waals surface area contributed by atoms with E-state index in [9.17, 15) is 14.7 Å². The van der Waals surface area contributed by atoms with Gasteiger partial charge in [-0.05, 0) is 47.9 Å². The predicted molar refractivity (Wildman–Crippen MR) is 150 cm³/mol. The van der Waals surface area contributed by atoms with Crippen molar-refractivity contribution in [3.8, 4) is 5.75 Å². The number of phenols is 1. The summed E-state index contributed by atoms with van der Waals surface area (Å²) in [6.07, 6.45) is 8.78. The highest BCUT2D eigenvalue weighted by molar-refractivity contribution is 6.07. The number of benzene rings is 3. The van der Waals surface area contributed by atoms with Crippen LogP contribution in [-0.2, 0) is 16.0 Å². The van der Waals surface area contributed by atoms with Crippen molar-refractivity contribution in [1.29, 1.82) is 0 Å². The number of aromatic hydroxyl groups is 1. The first-order valence-corrected chi connectivity index (χ1v) is 12.6. The molecule has 0 radical (unpaired) electrons. The van der Waals surface area contributed by atoms with Crippen LogP contribution in [-0.4, -0.2) is 41.3 Å². The van der Waals surface area contributed by atoms with Crippen LogP contribution in [0.2, 0.25) is 0 Å². The van der Waals surface area contributed by atoms with E-state index in [0.29, 0.717) is 23.2 Å². The number of hydrogen-bond donors (Lipinski definition) is 3. The molecule has 7 heteroatoms. The third kappa shape index (κ3) is 5.95. The average molecular weight is 505 g/mol. The molecule has 0 bridgehead atoms. The number of rotatable bonds is 8. The van der Waals surface area contributed by atoms with E-state index in [1.54, 1.807) is 36.5 Å². The summed E-state index contributed by atoms with van der Waals surface area (Å²) in [6, 6.07) is 21.8. The first-order chi connectivity index (χ1) is 18.6. The van der Waals surface area contributed by atoms with Gasteiger partial charge in [0.1, 0.15) is 11.8 Å². The first kappa shape index (κ1) is 24.9. The molecule has 0 aromatic heterocycles. The summed E-state index contributed by atoms with van der Waals surface area (Å²) in [5, 5.41) is 16.0. The number of carbonyl (C=O) groups is 2. The largest absolute Gasteiger partial charge is 0.507 e. The van der Waals surface area contributed by atoms with Crippen molar-refractivity contribution in [3.63, 3.8) is 0 Å². The van der Waals surface area contributed by atoms with Crippen LogP contribution in [0.4, 0.5) is 11.4 Å². The van der Waals surface area contributed by atoms with E-state index in [-0.39, 0.29) is 24.0 Å². The van der Waals surface area contributed by atoms with Gasteiger partial charge in [-0.1, -0.05) is 54.6 Å². The number of ketones is 1. The first-order valence-electron chi connectivity index (χ1n) is 12.6. The minimum atomic E-state index is -0.735. The Bertz CT molecular complexity index is 1470. The number of phenolic OH excluding ortho intramolecular Hbond substituents is 1. The van der Waals surface area contributed by atoms with Crippen LogP contribution in [0.5, 0.6) is 5.75 Å². The summed E-state index contributed by atoms with van der Waals surface area (Å²) in [5.74, 6) is -0.147. The second-order valence-corrected chi connectivity index (χ2v) is 9.17. The third-order valence-electron chi connectivity index (χ3n) is 6.46. The van der Waals surface area contributed by atoms with Gasteiger partial charge >= 0.3 is 0 Å². The highest BCUT2D eigenvalue weighted by Gasteiger charge is 2.19. The van der Waals surface area contributed by atoms with Crippen LogP contribution >= 0.6 is 0 Å². The number of hydrogen-bond acceptors (Lipinski definition) is 6. The lowest BCUT2D eigenvalue weighted by Crippen LogP contribution is -2.40. The van der Waals surface area contributed by atoms with Gasteiger partial charge in [0, 0.05) is 42.1 Å². The van der Waals surface area contributed by atoms with Crippen molar-refractivity contribution in [1.82, 2.24) is 5.32 Å². The molecule has 1 aliphatic heterocycles. The lowest BCUT2D eigenvalue weighted by atomic mass is 10.0. The van der Waals surface area contributed by atoms with Crippen LogP contribution in [0.15, 0.2) is 107 Å². The number of anilines is 1. The smallest absolute Gasteiger partial charge is 0.248 e. The molecule has 1 heterocycles. The summed E-state index contributed by atoms with van der Waals surface area (Å²) < 4.78 is 0. The fourth-order valence-corrected chi connectivity index (χ4v) is 4.32. The molecule has 3 aromatic carbocycles. The van der Waals surface area contributed by atoms with Gasteiger partial charge < -0.3 is 15.7 Å². The van der Waals surface area contributed by atoms with Gasteiger partial charge in [-0.15, -0.1) is 0 Å². The number of nitrogens with zero attached hydrogens (tertiary/aromatic N) is 2. The molecule has 7 nitrogen and oxygen atoms in total. The number of para-hydroxylation sites is 2. The molecule has 1 aliphatic carbocycles. The number of Topliss-reactive ketones (excluding diaryl/α,β-unsaturated/α-hetero) is 1. The normalized spacial score (nSPS) is 16.4. The van der Waals surface area contributed by atoms with Crippen molar-refractivity contribution in [2.75, 3.05) is 11.9 Å². The predicted octanol–water partition coefficient (Wildman–Crippen LogP) is 4.89. The Morgan fingerprint density at radius 3 is 2.63 bits per heavy atom. The van der Waals surface area contributed by atoms with E-state index >= 15 is 0 Å². The monoisotopic (exact) mass is 504 g/mol. The molecular formula is C31H28N4O3. The number of carbonyl (C=O) groups excluding carboxylic acids is 2. The van der Waals surface area contributed by atoms with E-state index < -0.39 is 6.04 Å². The van der Waals surface area contributed by atoms with Gasteiger partial charge in [0.05, 0.1) is 17.9 Å². The van der Waals surface area contributed by atoms with E-state index in [2.05, 4.69) is 21.7 Å². The minimum Gasteiger partial charge on any atom is -0.507 e. The van der Waals surface area contributed by atoms with Crippen LogP contribution in [0.25, 0.3) is 0 Å². The average Bonchev–Trinajstić information content (AvgIpc) is 3.37. The molecule has 0 spiro atoms. The number of amides is 1. The SMILES string of the molecule is O=C1CCC=CC1=CNC(CN=Cc1ccccc1O)C(=O)Nc1ccc(C2=Nc3ccccc3C2)cc1. The van der Waals surface area contributed by atoms with Crippen molar-refractivity contribution < 1.29 is 14.7 Å². The number of aliphatic imine (C=N–C) groups is 2. The zero-order valence-electron chi connectivity index (χ0n) is 20.8. The summed E-state index contributed by atoms with van der Waals surface area (Å²) in [7, 11) is 0. The Balaban J connectivity index is 1.28. The molecule has 3 aromatic rings. The summed E-state index contributed by atoms with van der Waals surface area (Å²) in [5.41, 5.74) is 5.95. The molecular weight excluding hydrogens is 476 g/mol. The standard InChI is InChI=1S/C31H28N4O3/c36-29-11-5-2-8-23(29)18-32-20-28(33-19-24-9-3-6-12-30(24)37)31(38)34-25-15-13-21(14-16-25)27-17-22-7-1-4-10-26(22)35-27/h1-5,7-11,13-16,18-19,28,33,36H,6,12,17,20H2,(H,34,38). The van der Waals surface area contributed by atoms with Crippen LogP contribution in [0.3, 0.4) is 0 Å². The number of allylic oxidation sites excluding steroid dienone is 3. The van der Waals surface area contributed by atoms with Crippen molar-refractivity contribution >= 4 is 35.0 Å². The van der Waals surface area contributed by atoms with Gasteiger partial charge in [-0.25, -0.2) is 0 Å². The highest BCUT2D eigenvalue weighted by Crippen LogP contribution is 2.28. The Morgan fingerprint density at radius 1 is 1.05 bits per heavy atom. The van der Waals surface area contributed by atoms with Gasteiger partial charge in [-0.3, -0.25) is 19.6 Å². The lowest BCUT2D eigenvalue weighted by Gasteiger charge is -2.17. The van der Waals surface area contributed by atoms with E-state index in [0.717, 1.165) is 29.8 Å². The summed E-state index contributed by atoms with van der Waals surface area (Å²) in [6.45, 7) is 0.106. The fourth-order valence-electron chi connectivity index (χ4n) is 4.32. The van der Waals surface area contributed by atoms with Crippen LogP contribution < -0.4 is 10.6 Å². The molecule has 0 saturated heterocycles. The van der Waals surface area contributed by atoms with Gasteiger partial charge in [0.15, 0.2) is 5.78 Å². The molecule has 0 fully saturated rings. The van der Waals surface area contributed by atoms with E-state index in [1.165, 1.54) is 11.8 Å². The molecule has 2 aliphatic rings. The van der Waals surface area contributed by atoms with E-state index in [1.807, 2.05) is 48.5 Å². The van der Waals surface area contributed by atoms with Crippen LogP contribution in [0, 0.1) is 0 Å². The fraction of sp³-hybridized carbons (Fsp3) is 0.161. The number of fused-ring (bicyclic) bond motifs is 1. The van der Waals surface area contributed by atoms with Gasteiger partial charge in [-0.2, -0.15) is 0 Å². The second kappa shape index (κ2) is 11.5. The molecule has 1 atom stereocenters. The maximum Gasteiger partial charge on any atom is 0.248 e. The summed E-state index contributed by atoms with van der Waals surface area (Å²) in [4.78, 5) is 34.5. The lowest BCUT2D eigenvalue weighted by molar-refractivity contribution is -0.118. The topological polar surface area (TPSA) is 103 Å². The molecule has 190 valence electrons. The van der Waals surface area contributed by atoms with E-state index in [4.69, 9.17) is 4.99 Å². The van der Waals surface area contributed by atoms with Crippen LogP contribution in [0.1, 0.15) is 29.5 Å². The quantitative estimate of drug-likeness (QED) is 0.300. The van der Waals surface area contributed by atoms with Gasteiger partial charge in [0.2, 0.25) is 5.91 Å². The minimum absolute atomic E-state index is 0.0319. The maximum atomic E-state index is 13.2. The zero-order chi connectivity index (χ0) is 26.3. The summed E-state index contributed by atoms with van der Waals surface area (Å²) >= 11 is 0. The molecule has 3 N–H and O–H groups in total. The zero-order valence-corrected chi connectivity index (χ0v) is 20.8. The Hall–Kier alpha value is -4.78. The Kier molecular flexibility index (Phi) is 7.54. The maximum absolute atomic E-state index is 13.2. The Morgan fingerprint density at radius 2 is 1.84 bits per heavy atom. The molecule has 38 heavy (non-hydrogen) atoms. The second-order valence-electron chi connectivity index (χ2n) is 9.17. The van der Waals surface area contributed by atoms with Crippen molar-refractivity contribution in [2.24, 2.45) is 9.98 Å². The van der Waals surface area contributed by atoms with Crippen molar-refractivity contribution in [3.05, 3.63) is 113 Å².